The van der Waals surface area contributed by atoms with E-state index in [0.717, 1.165) is 35.5 Å². The maximum atomic E-state index is 14.0. The Morgan fingerprint density at radius 1 is 0.911 bits per heavy atom. The Hall–Kier alpha value is -3.44. The summed E-state index contributed by atoms with van der Waals surface area (Å²) in [6.07, 6.45) is 5.52. The number of fused-ring (bicyclic) bond motifs is 3. The summed E-state index contributed by atoms with van der Waals surface area (Å²) in [6, 6.07) is 7.73. The van der Waals surface area contributed by atoms with E-state index in [2.05, 4.69) is 24.6 Å². The van der Waals surface area contributed by atoms with Gasteiger partial charge in [0.25, 0.3) is 0 Å². The van der Waals surface area contributed by atoms with E-state index in [1.54, 1.807) is 0 Å². The highest BCUT2D eigenvalue weighted by Crippen LogP contribution is 2.58. The largest absolute Gasteiger partial charge is 0.471 e. The van der Waals surface area contributed by atoms with Crippen molar-refractivity contribution in [1.82, 2.24) is 20.1 Å². The van der Waals surface area contributed by atoms with E-state index in [1.165, 1.54) is 0 Å². The van der Waals surface area contributed by atoms with Crippen LogP contribution in [0.4, 0.5) is 27.6 Å². The van der Waals surface area contributed by atoms with Crippen molar-refractivity contribution in [1.29, 1.82) is 0 Å². The fraction of sp³-hybridized carbons (Fsp3) is 0.606. The number of rotatable bonds is 8. The first-order valence-corrected chi connectivity index (χ1v) is 15.9. The van der Waals surface area contributed by atoms with Crippen LogP contribution in [0.1, 0.15) is 107 Å². The molecule has 2 aromatic heterocycles. The van der Waals surface area contributed by atoms with Gasteiger partial charge >= 0.3 is 12.1 Å². The summed E-state index contributed by atoms with van der Waals surface area (Å²) in [7, 11) is 0. The highest BCUT2D eigenvalue weighted by molar-refractivity contribution is 5.94. The summed E-state index contributed by atoms with van der Waals surface area (Å²) in [5.41, 5.74) is 1.67. The van der Waals surface area contributed by atoms with Crippen LogP contribution in [-0.2, 0) is 16.4 Å². The average Bonchev–Trinajstić information content (AvgIpc) is 3.75. The molecule has 3 aromatic rings. The number of nitrogens with zero attached hydrogens (tertiary/aromatic N) is 5. The van der Waals surface area contributed by atoms with Crippen LogP contribution in [0.5, 0.6) is 0 Å². The van der Waals surface area contributed by atoms with Crippen LogP contribution in [-0.4, -0.2) is 38.5 Å². The lowest BCUT2D eigenvalue weighted by atomic mass is 9.53. The Kier molecular flexibility index (Phi) is 7.47. The van der Waals surface area contributed by atoms with E-state index < -0.39 is 23.4 Å². The number of anilines is 1. The summed E-state index contributed by atoms with van der Waals surface area (Å²) < 4.78 is 71.8. The molecule has 5 fully saturated rings. The van der Waals surface area contributed by atoms with Crippen LogP contribution < -0.4 is 4.90 Å². The molecule has 1 amide bonds. The van der Waals surface area contributed by atoms with E-state index in [0.29, 0.717) is 63.8 Å². The fourth-order valence-corrected chi connectivity index (χ4v) is 7.60. The standard InChI is InChI=1S/C33H36F5N5O2/c34-32(35)8-6-21(7-9-32)16-26(44)43(25-3-1-2-23(17-25)24-18-39-27(40-19-24)22-4-5-22)20-30-10-13-31(14-11-30,15-12-30)28-41-29(45-42-28)33(36,37)38/h1-3,17-19,21-22H,4-16,20H2. The van der Waals surface area contributed by atoms with E-state index in [1.807, 2.05) is 41.6 Å². The summed E-state index contributed by atoms with van der Waals surface area (Å²) in [6.45, 7) is 0.450. The van der Waals surface area contributed by atoms with E-state index in [-0.39, 0.29) is 42.3 Å². The number of amides is 1. The highest BCUT2D eigenvalue weighted by atomic mass is 19.4. The van der Waals surface area contributed by atoms with Crippen LogP contribution >= 0.6 is 0 Å². The number of benzene rings is 1. The zero-order valence-corrected chi connectivity index (χ0v) is 25.0. The Morgan fingerprint density at radius 2 is 1.58 bits per heavy atom. The minimum Gasteiger partial charge on any atom is -0.329 e. The van der Waals surface area contributed by atoms with Gasteiger partial charge in [0.2, 0.25) is 11.8 Å². The molecule has 5 saturated carbocycles. The molecule has 2 bridgehead atoms. The lowest BCUT2D eigenvalue weighted by Gasteiger charge is -2.53. The topological polar surface area (TPSA) is 85.0 Å². The third kappa shape index (κ3) is 6.21. The SMILES string of the molecule is O=C(CC1CCC(F)(F)CC1)N(CC12CCC(c3noc(C(F)(F)F)n3)(CC1)CC2)c1cccc(-c2cnc(C3CC3)nc2)c1. The predicted octanol–water partition coefficient (Wildman–Crippen LogP) is 8.26. The van der Waals surface area contributed by atoms with Gasteiger partial charge in [-0.2, -0.15) is 18.2 Å². The first kappa shape index (κ1) is 30.2. The Morgan fingerprint density at radius 3 is 2.18 bits per heavy atom. The van der Waals surface area contributed by atoms with Crippen molar-refractivity contribution in [3.63, 3.8) is 0 Å². The molecule has 240 valence electrons. The van der Waals surface area contributed by atoms with Gasteiger partial charge in [-0.05, 0) is 93.2 Å². The summed E-state index contributed by atoms with van der Waals surface area (Å²) in [5, 5.41) is 3.73. The number of halogens is 5. The molecule has 2 heterocycles. The molecule has 0 radical (unpaired) electrons. The Labute approximate surface area is 258 Å². The van der Waals surface area contributed by atoms with Gasteiger partial charge in [0, 0.05) is 60.8 Å². The van der Waals surface area contributed by atoms with Crippen molar-refractivity contribution in [2.24, 2.45) is 11.3 Å². The number of hydrogen-bond donors (Lipinski definition) is 0. The maximum Gasteiger partial charge on any atom is 0.471 e. The second-order valence-corrected chi connectivity index (χ2v) is 13.8. The summed E-state index contributed by atoms with van der Waals surface area (Å²) in [4.78, 5) is 28.7. The molecule has 12 heteroatoms. The smallest absolute Gasteiger partial charge is 0.329 e. The molecule has 0 atom stereocenters. The summed E-state index contributed by atoms with van der Waals surface area (Å²) in [5.74, 6) is -2.77. The Balaban J connectivity index is 1.12. The fourth-order valence-electron chi connectivity index (χ4n) is 7.60. The minimum absolute atomic E-state index is 0.0903. The minimum atomic E-state index is -4.69. The van der Waals surface area contributed by atoms with Crippen LogP contribution in [0.25, 0.3) is 11.1 Å². The van der Waals surface area contributed by atoms with Crippen LogP contribution in [0.2, 0.25) is 0 Å². The van der Waals surface area contributed by atoms with Gasteiger partial charge in [-0.1, -0.05) is 17.3 Å². The normalized spacial score (nSPS) is 26.6. The number of aromatic nitrogens is 4. The van der Waals surface area contributed by atoms with Crippen LogP contribution in [0, 0.1) is 11.3 Å². The molecular formula is C33H36F5N5O2. The van der Waals surface area contributed by atoms with E-state index >= 15 is 0 Å². The molecule has 45 heavy (non-hydrogen) atoms. The third-order valence-corrected chi connectivity index (χ3v) is 10.7. The first-order valence-electron chi connectivity index (χ1n) is 15.9. The molecule has 0 unspecified atom stereocenters. The van der Waals surface area contributed by atoms with Gasteiger partial charge in [0.15, 0.2) is 5.82 Å². The zero-order chi connectivity index (χ0) is 31.5. The number of carbonyl (C=O) groups is 1. The molecule has 7 nitrogen and oxygen atoms in total. The quantitative estimate of drug-likeness (QED) is 0.233. The number of carbonyl (C=O) groups excluding carboxylic acids is 1. The molecule has 0 spiro atoms. The third-order valence-electron chi connectivity index (χ3n) is 10.7. The van der Waals surface area contributed by atoms with Gasteiger partial charge in [-0.25, -0.2) is 18.7 Å². The Bertz CT molecular complexity index is 1520. The van der Waals surface area contributed by atoms with E-state index in [9.17, 15) is 26.7 Å². The second kappa shape index (κ2) is 11.1. The van der Waals surface area contributed by atoms with Gasteiger partial charge < -0.3 is 9.42 Å². The van der Waals surface area contributed by atoms with Crippen LogP contribution in [0.3, 0.4) is 0 Å². The predicted molar refractivity (Wildman–Crippen MR) is 154 cm³/mol. The van der Waals surface area contributed by atoms with Crippen molar-refractivity contribution in [3.05, 3.63) is 54.2 Å². The monoisotopic (exact) mass is 629 g/mol. The lowest BCUT2D eigenvalue weighted by molar-refractivity contribution is -0.159. The van der Waals surface area contributed by atoms with Crippen molar-refractivity contribution >= 4 is 11.6 Å². The van der Waals surface area contributed by atoms with Crippen molar-refractivity contribution < 1.29 is 31.3 Å². The maximum absolute atomic E-state index is 14.0. The molecule has 0 aliphatic heterocycles. The molecule has 5 aliphatic carbocycles. The molecule has 8 rings (SSSR count). The van der Waals surface area contributed by atoms with Crippen molar-refractivity contribution in [2.75, 3.05) is 11.4 Å². The number of alkyl halides is 5. The highest BCUT2D eigenvalue weighted by Gasteiger charge is 2.53. The van der Waals surface area contributed by atoms with E-state index in [4.69, 9.17) is 0 Å². The van der Waals surface area contributed by atoms with Gasteiger partial charge in [-0.3, -0.25) is 4.79 Å². The van der Waals surface area contributed by atoms with Crippen molar-refractivity contribution in [3.8, 4) is 11.1 Å². The average molecular weight is 630 g/mol. The number of hydrogen-bond acceptors (Lipinski definition) is 6. The lowest BCUT2D eigenvalue weighted by Crippen LogP contribution is -2.51. The van der Waals surface area contributed by atoms with Gasteiger partial charge in [0.1, 0.15) is 5.82 Å². The van der Waals surface area contributed by atoms with Gasteiger partial charge in [0.05, 0.1) is 0 Å². The molecular weight excluding hydrogens is 593 g/mol. The van der Waals surface area contributed by atoms with Crippen LogP contribution in [0.15, 0.2) is 41.2 Å². The molecule has 5 aliphatic rings. The molecule has 0 saturated heterocycles. The van der Waals surface area contributed by atoms with Gasteiger partial charge in [-0.15, -0.1) is 0 Å². The molecule has 1 aromatic carbocycles. The molecule has 0 N–H and O–H groups in total. The van der Waals surface area contributed by atoms with Crippen molar-refractivity contribution in [2.45, 2.75) is 107 Å². The zero-order valence-electron chi connectivity index (χ0n) is 25.0. The summed E-state index contributed by atoms with van der Waals surface area (Å²) >= 11 is 0. The first-order chi connectivity index (χ1) is 21.4. The second-order valence-electron chi connectivity index (χ2n) is 13.8.